The monoisotopic (exact) mass is 381 g/mol. The number of aromatic nitrogens is 4. The molecule has 0 saturated heterocycles. The van der Waals surface area contributed by atoms with E-state index in [1.807, 2.05) is 47.9 Å². The minimum absolute atomic E-state index is 0.397. The smallest absolute Gasteiger partial charge is 0.235 e. The number of amides is 1. The molecule has 0 spiro atoms. The lowest BCUT2D eigenvalue weighted by Gasteiger charge is -2.15. The van der Waals surface area contributed by atoms with Crippen molar-refractivity contribution < 1.29 is 4.79 Å². The van der Waals surface area contributed by atoms with Crippen LogP contribution in [-0.4, -0.2) is 25.7 Å². The van der Waals surface area contributed by atoms with Gasteiger partial charge in [-0.05, 0) is 36.1 Å². The Bertz CT molecular complexity index is 906. The predicted octanol–water partition coefficient (Wildman–Crippen LogP) is 3.80. The molecule has 27 heavy (non-hydrogen) atoms. The molecule has 0 radical (unpaired) electrons. The van der Waals surface area contributed by atoms with Gasteiger partial charge in [0.2, 0.25) is 5.91 Å². The van der Waals surface area contributed by atoms with Crippen molar-refractivity contribution in [3.8, 4) is 11.4 Å². The third kappa shape index (κ3) is 4.19. The number of thioether (sulfide) groups is 1. The Morgan fingerprint density at radius 2 is 1.85 bits per heavy atom. The molecule has 1 atom stereocenters. The molecule has 0 saturated carbocycles. The van der Waals surface area contributed by atoms with Gasteiger partial charge in [-0.2, -0.15) is 0 Å². The second-order valence-electron chi connectivity index (χ2n) is 6.51. The summed E-state index contributed by atoms with van der Waals surface area (Å²) in [5.41, 5.74) is 8.67. The summed E-state index contributed by atoms with van der Waals surface area (Å²) < 4.78 is 1.97. The SMILES string of the molecule is CCn1c(SC(C(N)=O)c2ccc(C(C)C)cc2)nnc1-c1cccnc1. The molecule has 0 aliphatic rings. The van der Waals surface area contributed by atoms with Crippen LogP contribution in [-0.2, 0) is 11.3 Å². The summed E-state index contributed by atoms with van der Waals surface area (Å²) in [6, 6.07) is 11.8. The molecule has 1 amide bonds. The highest BCUT2D eigenvalue weighted by atomic mass is 32.2. The summed E-state index contributed by atoms with van der Waals surface area (Å²) >= 11 is 1.33. The van der Waals surface area contributed by atoms with E-state index in [9.17, 15) is 4.79 Å². The van der Waals surface area contributed by atoms with E-state index in [-0.39, 0.29) is 0 Å². The first kappa shape index (κ1) is 19.1. The molecule has 7 heteroatoms. The van der Waals surface area contributed by atoms with Gasteiger partial charge in [0, 0.05) is 24.5 Å². The van der Waals surface area contributed by atoms with Crippen molar-refractivity contribution in [1.29, 1.82) is 0 Å². The molecule has 1 aromatic carbocycles. The minimum atomic E-state index is -0.525. The first-order chi connectivity index (χ1) is 13.0. The Kier molecular flexibility index (Phi) is 5.91. The van der Waals surface area contributed by atoms with Crippen LogP contribution in [0, 0.1) is 0 Å². The van der Waals surface area contributed by atoms with E-state index >= 15 is 0 Å². The zero-order valence-electron chi connectivity index (χ0n) is 15.7. The van der Waals surface area contributed by atoms with E-state index in [0.29, 0.717) is 17.6 Å². The minimum Gasteiger partial charge on any atom is -0.368 e. The summed E-state index contributed by atoms with van der Waals surface area (Å²) in [5.74, 6) is 0.765. The summed E-state index contributed by atoms with van der Waals surface area (Å²) in [5, 5.41) is 8.73. The first-order valence-electron chi connectivity index (χ1n) is 8.90. The Hall–Kier alpha value is -2.67. The van der Waals surface area contributed by atoms with Crippen molar-refractivity contribution >= 4 is 17.7 Å². The van der Waals surface area contributed by atoms with Crippen molar-refractivity contribution in [2.24, 2.45) is 5.73 Å². The number of nitrogens with zero attached hydrogens (tertiary/aromatic N) is 4. The van der Waals surface area contributed by atoms with Crippen LogP contribution in [0.25, 0.3) is 11.4 Å². The van der Waals surface area contributed by atoms with Crippen LogP contribution in [0.3, 0.4) is 0 Å². The number of hydrogen-bond acceptors (Lipinski definition) is 5. The second-order valence-corrected chi connectivity index (χ2v) is 7.59. The lowest BCUT2D eigenvalue weighted by molar-refractivity contribution is -0.117. The molecule has 0 aliphatic carbocycles. The third-order valence-corrected chi connectivity index (χ3v) is 5.59. The maximum absolute atomic E-state index is 12.1. The molecule has 3 aromatic rings. The molecular weight excluding hydrogens is 358 g/mol. The molecule has 2 N–H and O–H groups in total. The fourth-order valence-electron chi connectivity index (χ4n) is 2.82. The highest BCUT2D eigenvalue weighted by Crippen LogP contribution is 2.36. The normalized spacial score (nSPS) is 12.3. The van der Waals surface area contributed by atoms with Crippen LogP contribution in [0.1, 0.15) is 43.1 Å². The quantitative estimate of drug-likeness (QED) is 0.629. The molecule has 3 rings (SSSR count). The van der Waals surface area contributed by atoms with E-state index in [2.05, 4.69) is 29.0 Å². The number of carbonyl (C=O) groups is 1. The highest BCUT2D eigenvalue weighted by molar-refractivity contribution is 8.00. The number of pyridine rings is 1. The van der Waals surface area contributed by atoms with Crippen LogP contribution < -0.4 is 5.73 Å². The second kappa shape index (κ2) is 8.35. The van der Waals surface area contributed by atoms with Gasteiger partial charge in [-0.1, -0.05) is 49.9 Å². The van der Waals surface area contributed by atoms with Crippen LogP contribution >= 0.6 is 11.8 Å². The van der Waals surface area contributed by atoms with Crippen molar-refractivity contribution in [2.45, 2.75) is 43.6 Å². The van der Waals surface area contributed by atoms with Crippen molar-refractivity contribution in [3.05, 3.63) is 59.9 Å². The average Bonchev–Trinajstić information content (AvgIpc) is 3.09. The van der Waals surface area contributed by atoms with Gasteiger partial charge < -0.3 is 10.3 Å². The van der Waals surface area contributed by atoms with Gasteiger partial charge in [-0.25, -0.2) is 0 Å². The zero-order valence-corrected chi connectivity index (χ0v) is 16.5. The molecule has 2 aromatic heterocycles. The lowest BCUT2D eigenvalue weighted by Crippen LogP contribution is -2.19. The first-order valence-corrected chi connectivity index (χ1v) is 9.78. The van der Waals surface area contributed by atoms with E-state index < -0.39 is 11.2 Å². The Labute approximate surface area is 163 Å². The van der Waals surface area contributed by atoms with Gasteiger partial charge in [0.25, 0.3) is 0 Å². The number of carbonyl (C=O) groups excluding carboxylic acids is 1. The van der Waals surface area contributed by atoms with Crippen LogP contribution in [0.5, 0.6) is 0 Å². The fourth-order valence-corrected chi connectivity index (χ4v) is 3.87. The number of hydrogen-bond donors (Lipinski definition) is 1. The Morgan fingerprint density at radius 3 is 2.41 bits per heavy atom. The summed E-state index contributed by atoms with van der Waals surface area (Å²) in [7, 11) is 0. The van der Waals surface area contributed by atoms with Gasteiger partial charge in [0.05, 0.1) is 0 Å². The summed E-state index contributed by atoms with van der Waals surface area (Å²) in [6.45, 7) is 6.97. The number of primary amides is 1. The average molecular weight is 382 g/mol. The Morgan fingerprint density at radius 1 is 1.15 bits per heavy atom. The molecule has 0 fully saturated rings. The highest BCUT2D eigenvalue weighted by Gasteiger charge is 2.24. The predicted molar refractivity (Wildman–Crippen MR) is 107 cm³/mol. The van der Waals surface area contributed by atoms with E-state index in [0.717, 1.165) is 17.0 Å². The molecule has 6 nitrogen and oxygen atoms in total. The van der Waals surface area contributed by atoms with Gasteiger partial charge in [-0.15, -0.1) is 10.2 Å². The topological polar surface area (TPSA) is 86.7 Å². The van der Waals surface area contributed by atoms with Crippen molar-refractivity contribution in [1.82, 2.24) is 19.7 Å². The van der Waals surface area contributed by atoms with E-state index in [1.54, 1.807) is 12.4 Å². The van der Waals surface area contributed by atoms with Crippen molar-refractivity contribution in [2.75, 3.05) is 0 Å². The van der Waals surface area contributed by atoms with Crippen LogP contribution in [0.2, 0.25) is 0 Å². The Balaban J connectivity index is 1.91. The van der Waals surface area contributed by atoms with E-state index in [4.69, 9.17) is 5.73 Å². The number of nitrogens with two attached hydrogens (primary N) is 1. The maximum Gasteiger partial charge on any atom is 0.235 e. The van der Waals surface area contributed by atoms with Gasteiger partial charge in [0.1, 0.15) is 5.25 Å². The van der Waals surface area contributed by atoms with Crippen molar-refractivity contribution in [3.63, 3.8) is 0 Å². The lowest BCUT2D eigenvalue weighted by atomic mass is 10.0. The van der Waals surface area contributed by atoms with Crippen LogP contribution in [0.4, 0.5) is 0 Å². The molecule has 0 aliphatic heterocycles. The standard InChI is InChI=1S/C20H23N5OS/c1-4-25-19(16-6-5-11-22-12-16)23-24-20(25)27-17(18(21)26)15-9-7-14(8-10-15)13(2)3/h5-13,17H,4H2,1-3H3,(H2,21,26). The van der Waals surface area contributed by atoms with Gasteiger partial charge in [0.15, 0.2) is 11.0 Å². The molecule has 1 unspecified atom stereocenters. The number of rotatable bonds is 7. The molecule has 140 valence electrons. The molecule has 2 heterocycles. The van der Waals surface area contributed by atoms with Gasteiger partial charge in [-0.3, -0.25) is 9.78 Å². The van der Waals surface area contributed by atoms with E-state index in [1.165, 1.54) is 17.3 Å². The molecular formula is C20H23N5OS. The number of benzene rings is 1. The summed E-state index contributed by atoms with van der Waals surface area (Å²) in [4.78, 5) is 16.3. The fraction of sp³-hybridized carbons (Fsp3) is 0.300. The summed E-state index contributed by atoms with van der Waals surface area (Å²) in [6.07, 6.45) is 3.47. The van der Waals surface area contributed by atoms with Crippen LogP contribution in [0.15, 0.2) is 53.9 Å². The molecule has 0 bridgehead atoms. The zero-order chi connectivity index (χ0) is 19.4. The maximum atomic E-state index is 12.1. The van der Waals surface area contributed by atoms with Gasteiger partial charge >= 0.3 is 0 Å². The largest absolute Gasteiger partial charge is 0.368 e. The third-order valence-electron chi connectivity index (χ3n) is 4.34.